The van der Waals surface area contributed by atoms with E-state index in [0.717, 1.165) is 16.8 Å². The van der Waals surface area contributed by atoms with Crippen molar-refractivity contribution in [2.24, 2.45) is 5.92 Å². The van der Waals surface area contributed by atoms with Crippen LogP contribution in [0, 0.1) is 12.8 Å². The number of methoxy groups -OCH3 is 1. The molecule has 1 aliphatic heterocycles. The number of ether oxygens (including phenoxy) is 1. The smallest absolute Gasteiger partial charge is 0.339 e. The summed E-state index contributed by atoms with van der Waals surface area (Å²) in [6.45, 7) is 6.48. The molecule has 6 heteroatoms. The van der Waals surface area contributed by atoms with Crippen LogP contribution in [0.3, 0.4) is 0 Å². The third-order valence-electron chi connectivity index (χ3n) is 5.25. The van der Waals surface area contributed by atoms with Crippen molar-refractivity contribution in [2.45, 2.75) is 33.1 Å². The standard InChI is InChI=1S/C23H26N2O4/c1-14(2)17-10-7-8-15(3)21(17)25-13-16(12-20(25)26)22(27)24-19-11-6-5-9-18(19)23(28)29-4/h5-11,14,16H,12-13H2,1-4H3,(H,24,27). The molecule has 3 rings (SSSR count). The molecule has 2 amide bonds. The molecule has 0 bridgehead atoms. The lowest BCUT2D eigenvalue weighted by molar-refractivity contribution is -0.122. The van der Waals surface area contributed by atoms with Gasteiger partial charge in [0.15, 0.2) is 0 Å². The maximum Gasteiger partial charge on any atom is 0.339 e. The van der Waals surface area contributed by atoms with Crippen molar-refractivity contribution in [3.63, 3.8) is 0 Å². The minimum atomic E-state index is -0.522. The van der Waals surface area contributed by atoms with Crippen molar-refractivity contribution in [3.8, 4) is 0 Å². The lowest BCUT2D eigenvalue weighted by Crippen LogP contribution is -2.29. The van der Waals surface area contributed by atoms with E-state index in [2.05, 4.69) is 19.2 Å². The molecule has 0 radical (unpaired) electrons. The van der Waals surface area contributed by atoms with E-state index < -0.39 is 11.9 Å². The molecule has 152 valence electrons. The van der Waals surface area contributed by atoms with Crippen molar-refractivity contribution in [2.75, 3.05) is 23.9 Å². The average Bonchev–Trinajstić information content (AvgIpc) is 3.09. The number of carbonyl (C=O) groups excluding carboxylic acids is 3. The van der Waals surface area contributed by atoms with Crippen LogP contribution in [0.25, 0.3) is 0 Å². The number of amides is 2. The second-order valence-corrected chi connectivity index (χ2v) is 7.60. The van der Waals surface area contributed by atoms with Gasteiger partial charge in [-0.3, -0.25) is 9.59 Å². The van der Waals surface area contributed by atoms with E-state index in [1.807, 2.05) is 25.1 Å². The predicted octanol–water partition coefficient (Wildman–Crippen LogP) is 3.90. The Morgan fingerprint density at radius 3 is 2.55 bits per heavy atom. The van der Waals surface area contributed by atoms with Crippen LogP contribution in [0.15, 0.2) is 42.5 Å². The summed E-state index contributed by atoms with van der Waals surface area (Å²) in [6, 6.07) is 12.7. The van der Waals surface area contributed by atoms with Crippen molar-refractivity contribution >= 4 is 29.2 Å². The molecule has 1 heterocycles. The highest BCUT2D eigenvalue weighted by molar-refractivity contribution is 6.06. The summed E-state index contributed by atoms with van der Waals surface area (Å²) in [4.78, 5) is 39.3. The normalized spacial score (nSPS) is 16.2. The molecule has 2 aromatic carbocycles. The average molecular weight is 394 g/mol. The fourth-order valence-corrected chi connectivity index (χ4v) is 3.73. The maximum atomic E-state index is 12.9. The van der Waals surface area contributed by atoms with Crippen LogP contribution in [0.5, 0.6) is 0 Å². The van der Waals surface area contributed by atoms with Crippen LogP contribution in [0.2, 0.25) is 0 Å². The predicted molar refractivity (Wildman–Crippen MR) is 112 cm³/mol. The van der Waals surface area contributed by atoms with E-state index in [4.69, 9.17) is 4.74 Å². The van der Waals surface area contributed by atoms with Gasteiger partial charge in [-0.2, -0.15) is 0 Å². The number of benzene rings is 2. The molecule has 0 spiro atoms. The highest BCUT2D eigenvalue weighted by Gasteiger charge is 2.37. The summed E-state index contributed by atoms with van der Waals surface area (Å²) in [5.41, 5.74) is 3.68. The number of carbonyl (C=O) groups is 3. The minimum absolute atomic E-state index is 0.0670. The number of nitrogens with one attached hydrogen (secondary N) is 1. The fraction of sp³-hybridized carbons (Fsp3) is 0.348. The summed E-state index contributed by atoms with van der Waals surface area (Å²) in [7, 11) is 1.29. The SMILES string of the molecule is COC(=O)c1ccccc1NC(=O)C1CC(=O)N(c2c(C)cccc2C(C)C)C1. The number of nitrogens with zero attached hydrogens (tertiary/aromatic N) is 1. The first-order valence-electron chi connectivity index (χ1n) is 9.71. The zero-order valence-corrected chi connectivity index (χ0v) is 17.2. The van der Waals surface area contributed by atoms with E-state index in [-0.39, 0.29) is 29.7 Å². The van der Waals surface area contributed by atoms with Crippen LogP contribution >= 0.6 is 0 Å². The number of anilines is 2. The van der Waals surface area contributed by atoms with Gasteiger partial charge in [0.2, 0.25) is 11.8 Å². The number of hydrogen-bond donors (Lipinski definition) is 1. The first-order chi connectivity index (χ1) is 13.8. The second kappa shape index (κ2) is 8.47. The second-order valence-electron chi connectivity index (χ2n) is 7.60. The summed E-state index contributed by atoms with van der Waals surface area (Å²) < 4.78 is 4.77. The molecule has 1 saturated heterocycles. The number of para-hydroxylation sites is 2. The lowest BCUT2D eigenvalue weighted by Gasteiger charge is -2.24. The molecule has 0 aliphatic carbocycles. The first kappa shape index (κ1) is 20.6. The highest BCUT2D eigenvalue weighted by atomic mass is 16.5. The molecule has 2 aromatic rings. The molecular weight excluding hydrogens is 368 g/mol. The quantitative estimate of drug-likeness (QED) is 0.781. The summed E-state index contributed by atoms with van der Waals surface area (Å²) >= 11 is 0. The van der Waals surface area contributed by atoms with Gasteiger partial charge in [0.05, 0.1) is 24.3 Å². The van der Waals surface area contributed by atoms with Crippen LogP contribution in [0.1, 0.15) is 47.7 Å². The molecule has 1 atom stereocenters. The van der Waals surface area contributed by atoms with E-state index >= 15 is 0 Å². The van der Waals surface area contributed by atoms with Crippen LogP contribution < -0.4 is 10.2 Å². The van der Waals surface area contributed by atoms with Gasteiger partial charge in [0.25, 0.3) is 0 Å². The number of aryl methyl sites for hydroxylation is 1. The molecule has 6 nitrogen and oxygen atoms in total. The van der Waals surface area contributed by atoms with E-state index in [9.17, 15) is 14.4 Å². The van der Waals surface area contributed by atoms with Crippen molar-refractivity contribution in [1.82, 2.24) is 0 Å². The van der Waals surface area contributed by atoms with Crippen molar-refractivity contribution in [3.05, 3.63) is 59.2 Å². The van der Waals surface area contributed by atoms with Gasteiger partial charge in [0.1, 0.15) is 0 Å². The van der Waals surface area contributed by atoms with Crippen LogP contribution in [0.4, 0.5) is 11.4 Å². The zero-order chi connectivity index (χ0) is 21.1. The Bertz CT molecular complexity index is 952. The third kappa shape index (κ3) is 4.16. The van der Waals surface area contributed by atoms with Gasteiger partial charge < -0.3 is 15.0 Å². The van der Waals surface area contributed by atoms with Gasteiger partial charge in [0, 0.05) is 18.7 Å². The van der Waals surface area contributed by atoms with E-state index in [1.54, 1.807) is 29.2 Å². The first-order valence-corrected chi connectivity index (χ1v) is 9.71. The Morgan fingerprint density at radius 2 is 1.86 bits per heavy atom. The Kier molecular flexibility index (Phi) is 6.01. The molecule has 0 aromatic heterocycles. The van der Waals surface area contributed by atoms with Gasteiger partial charge in [-0.1, -0.05) is 44.2 Å². The number of esters is 1. The fourth-order valence-electron chi connectivity index (χ4n) is 3.73. The molecule has 1 unspecified atom stereocenters. The van der Waals surface area contributed by atoms with Gasteiger partial charge in [-0.15, -0.1) is 0 Å². The Hall–Kier alpha value is -3.15. The monoisotopic (exact) mass is 394 g/mol. The van der Waals surface area contributed by atoms with Gasteiger partial charge >= 0.3 is 5.97 Å². The Morgan fingerprint density at radius 1 is 1.14 bits per heavy atom. The molecular formula is C23H26N2O4. The molecule has 29 heavy (non-hydrogen) atoms. The topological polar surface area (TPSA) is 75.7 Å². The van der Waals surface area contributed by atoms with Gasteiger partial charge in [-0.25, -0.2) is 4.79 Å². The third-order valence-corrected chi connectivity index (χ3v) is 5.25. The summed E-state index contributed by atoms with van der Waals surface area (Å²) in [6.07, 6.45) is 0.137. The number of rotatable bonds is 5. The molecule has 1 aliphatic rings. The lowest BCUT2D eigenvalue weighted by atomic mass is 9.97. The van der Waals surface area contributed by atoms with Crippen molar-refractivity contribution < 1.29 is 19.1 Å². The summed E-state index contributed by atoms with van der Waals surface area (Å²) in [5.74, 6) is -1.10. The Balaban J connectivity index is 1.82. The van der Waals surface area contributed by atoms with E-state index in [0.29, 0.717) is 12.2 Å². The molecule has 1 fully saturated rings. The van der Waals surface area contributed by atoms with Crippen LogP contribution in [-0.2, 0) is 14.3 Å². The van der Waals surface area contributed by atoms with E-state index in [1.165, 1.54) is 7.11 Å². The van der Waals surface area contributed by atoms with Crippen LogP contribution in [-0.4, -0.2) is 31.4 Å². The number of hydrogen-bond acceptors (Lipinski definition) is 4. The molecule has 0 saturated carbocycles. The Labute approximate surface area is 170 Å². The van der Waals surface area contributed by atoms with Gasteiger partial charge in [-0.05, 0) is 36.1 Å². The summed E-state index contributed by atoms with van der Waals surface area (Å²) in [5, 5.41) is 2.79. The van der Waals surface area contributed by atoms with Crippen molar-refractivity contribution in [1.29, 1.82) is 0 Å². The maximum absolute atomic E-state index is 12.9. The molecule has 1 N–H and O–H groups in total. The largest absolute Gasteiger partial charge is 0.465 e. The highest BCUT2D eigenvalue weighted by Crippen LogP contribution is 2.35. The minimum Gasteiger partial charge on any atom is -0.465 e. The zero-order valence-electron chi connectivity index (χ0n) is 17.2.